The SMILES string of the molecule is COc1cc(-c2nc3ncccn3c2NC2CCCC2)cc(OC)c1OC. The lowest BCUT2D eigenvalue weighted by atomic mass is 10.1. The first-order valence-corrected chi connectivity index (χ1v) is 9.15. The molecule has 4 rings (SSSR count). The van der Waals surface area contributed by atoms with Crippen molar-refractivity contribution in [2.45, 2.75) is 31.7 Å². The van der Waals surface area contributed by atoms with E-state index in [1.807, 2.05) is 28.8 Å². The van der Waals surface area contributed by atoms with Crippen LogP contribution in [0.15, 0.2) is 30.6 Å². The van der Waals surface area contributed by atoms with Gasteiger partial charge in [-0.05, 0) is 31.0 Å². The zero-order valence-corrected chi connectivity index (χ0v) is 15.9. The Morgan fingerprint density at radius 3 is 2.37 bits per heavy atom. The van der Waals surface area contributed by atoms with Crippen LogP contribution in [-0.4, -0.2) is 41.7 Å². The monoisotopic (exact) mass is 368 g/mol. The van der Waals surface area contributed by atoms with Gasteiger partial charge in [0.2, 0.25) is 11.5 Å². The molecule has 2 heterocycles. The van der Waals surface area contributed by atoms with Crippen molar-refractivity contribution in [3.63, 3.8) is 0 Å². The average Bonchev–Trinajstić information content (AvgIpc) is 3.35. The fraction of sp³-hybridized carbons (Fsp3) is 0.400. The summed E-state index contributed by atoms with van der Waals surface area (Å²) < 4.78 is 18.5. The van der Waals surface area contributed by atoms with Crippen LogP contribution in [0.25, 0.3) is 17.0 Å². The minimum Gasteiger partial charge on any atom is -0.493 e. The van der Waals surface area contributed by atoms with Gasteiger partial charge in [0.05, 0.1) is 21.3 Å². The molecule has 0 bridgehead atoms. The van der Waals surface area contributed by atoms with Crippen LogP contribution in [0.3, 0.4) is 0 Å². The third kappa shape index (κ3) is 3.13. The van der Waals surface area contributed by atoms with E-state index < -0.39 is 0 Å². The van der Waals surface area contributed by atoms with E-state index in [1.165, 1.54) is 25.7 Å². The van der Waals surface area contributed by atoms with Crippen LogP contribution >= 0.6 is 0 Å². The van der Waals surface area contributed by atoms with Gasteiger partial charge in [0.15, 0.2) is 11.5 Å². The lowest BCUT2D eigenvalue weighted by molar-refractivity contribution is 0.324. The highest BCUT2D eigenvalue weighted by atomic mass is 16.5. The first kappa shape index (κ1) is 17.5. The van der Waals surface area contributed by atoms with Crippen LogP contribution in [0.2, 0.25) is 0 Å². The highest BCUT2D eigenvalue weighted by Crippen LogP contribution is 2.42. The second kappa shape index (κ2) is 7.34. The number of hydrogen-bond donors (Lipinski definition) is 1. The molecule has 7 nitrogen and oxygen atoms in total. The quantitative estimate of drug-likeness (QED) is 0.714. The van der Waals surface area contributed by atoms with E-state index in [9.17, 15) is 0 Å². The summed E-state index contributed by atoms with van der Waals surface area (Å²) in [5.74, 6) is 3.37. The lowest BCUT2D eigenvalue weighted by Gasteiger charge is -2.16. The topological polar surface area (TPSA) is 69.9 Å². The van der Waals surface area contributed by atoms with Gasteiger partial charge >= 0.3 is 0 Å². The molecule has 2 aromatic heterocycles. The Morgan fingerprint density at radius 1 is 1.04 bits per heavy atom. The molecule has 0 aliphatic heterocycles. The van der Waals surface area contributed by atoms with Crippen LogP contribution in [-0.2, 0) is 0 Å². The molecule has 0 amide bonds. The van der Waals surface area contributed by atoms with E-state index in [0.29, 0.717) is 29.1 Å². The van der Waals surface area contributed by atoms with Gasteiger partial charge < -0.3 is 19.5 Å². The molecule has 1 aliphatic rings. The van der Waals surface area contributed by atoms with Gasteiger partial charge in [-0.3, -0.25) is 4.40 Å². The normalized spacial score (nSPS) is 14.5. The molecule has 142 valence electrons. The first-order chi connectivity index (χ1) is 13.2. The minimum absolute atomic E-state index is 0.450. The molecule has 0 saturated heterocycles. The number of aromatic nitrogens is 3. The number of rotatable bonds is 6. The summed E-state index contributed by atoms with van der Waals surface area (Å²) in [5.41, 5.74) is 1.70. The predicted octanol–water partition coefficient (Wildman–Crippen LogP) is 3.78. The van der Waals surface area contributed by atoms with Crippen LogP contribution < -0.4 is 19.5 Å². The van der Waals surface area contributed by atoms with Crippen LogP contribution in [0.5, 0.6) is 17.2 Å². The van der Waals surface area contributed by atoms with Gasteiger partial charge in [-0.1, -0.05) is 12.8 Å². The van der Waals surface area contributed by atoms with Crippen LogP contribution in [0.1, 0.15) is 25.7 Å². The molecule has 0 spiro atoms. The molecule has 1 fully saturated rings. The van der Waals surface area contributed by atoms with Gasteiger partial charge in [0.25, 0.3) is 0 Å². The Balaban J connectivity index is 1.88. The Morgan fingerprint density at radius 2 is 1.74 bits per heavy atom. The smallest absolute Gasteiger partial charge is 0.235 e. The Bertz CT molecular complexity index is 923. The fourth-order valence-electron chi connectivity index (χ4n) is 3.71. The zero-order valence-electron chi connectivity index (χ0n) is 15.9. The van der Waals surface area contributed by atoms with Crippen molar-refractivity contribution in [1.82, 2.24) is 14.4 Å². The number of anilines is 1. The Hall–Kier alpha value is -2.96. The third-order valence-electron chi connectivity index (χ3n) is 5.04. The van der Waals surface area contributed by atoms with Crippen molar-refractivity contribution < 1.29 is 14.2 Å². The summed E-state index contributed by atoms with van der Waals surface area (Å²) in [6.45, 7) is 0. The number of nitrogens with zero attached hydrogens (tertiary/aromatic N) is 3. The summed E-state index contributed by atoms with van der Waals surface area (Å²) in [5, 5.41) is 3.68. The summed E-state index contributed by atoms with van der Waals surface area (Å²) >= 11 is 0. The fourth-order valence-corrected chi connectivity index (χ4v) is 3.71. The standard InChI is InChI=1S/C20H24N4O3/c1-25-15-11-13(12-16(26-2)18(15)27-3)17-19(22-14-7-4-5-8-14)24-10-6-9-21-20(24)23-17/h6,9-12,14,22H,4-5,7-8H2,1-3H3. The van der Waals surface area contributed by atoms with Crippen LogP contribution in [0.4, 0.5) is 5.82 Å². The van der Waals surface area contributed by atoms with Crippen molar-refractivity contribution in [3.8, 4) is 28.5 Å². The molecule has 0 unspecified atom stereocenters. The highest BCUT2D eigenvalue weighted by Gasteiger charge is 2.23. The van der Waals surface area contributed by atoms with E-state index >= 15 is 0 Å². The number of hydrogen-bond acceptors (Lipinski definition) is 6. The van der Waals surface area contributed by atoms with Crippen molar-refractivity contribution in [2.75, 3.05) is 26.6 Å². The molecule has 0 atom stereocenters. The highest BCUT2D eigenvalue weighted by molar-refractivity contribution is 5.79. The largest absolute Gasteiger partial charge is 0.493 e. The average molecular weight is 368 g/mol. The molecule has 27 heavy (non-hydrogen) atoms. The third-order valence-corrected chi connectivity index (χ3v) is 5.04. The van der Waals surface area contributed by atoms with Crippen molar-refractivity contribution in [1.29, 1.82) is 0 Å². The molecule has 3 aromatic rings. The maximum absolute atomic E-state index is 5.51. The van der Waals surface area contributed by atoms with E-state index in [0.717, 1.165) is 17.1 Å². The van der Waals surface area contributed by atoms with E-state index in [1.54, 1.807) is 27.5 Å². The number of imidazole rings is 1. The van der Waals surface area contributed by atoms with Crippen molar-refractivity contribution in [2.24, 2.45) is 0 Å². The molecule has 1 N–H and O–H groups in total. The van der Waals surface area contributed by atoms with E-state index in [4.69, 9.17) is 19.2 Å². The maximum Gasteiger partial charge on any atom is 0.235 e. The number of benzene rings is 1. The van der Waals surface area contributed by atoms with Crippen LogP contribution in [0, 0.1) is 0 Å². The molecule has 1 saturated carbocycles. The molecule has 0 radical (unpaired) electrons. The van der Waals surface area contributed by atoms with Gasteiger partial charge in [-0.25, -0.2) is 9.97 Å². The first-order valence-electron chi connectivity index (χ1n) is 9.15. The van der Waals surface area contributed by atoms with Gasteiger partial charge in [0.1, 0.15) is 11.5 Å². The predicted molar refractivity (Wildman–Crippen MR) is 104 cm³/mol. The number of nitrogens with one attached hydrogen (secondary N) is 1. The molecule has 1 aromatic carbocycles. The summed E-state index contributed by atoms with van der Waals surface area (Å²) in [4.78, 5) is 9.17. The number of fused-ring (bicyclic) bond motifs is 1. The lowest BCUT2D eigenvalue weighted by Crippen LogP contribution is -2.16. The number of ether oxygens (including phenoxy) is 3. The maximum atomic E-state index is 5.51. The number of methoxy groups -OCH3 is 3. The molecular weight excluding hydrogens is 344 g/mol. The minimum atomic E-state index is 0.450. The van der Waals surface area contributed by atoms with E-state index in [2.05, 4.69) is 10.3 Å². The second-order valence-corrected chi connectivity index (χ2v) is 6.64. The van der Waals surface area contributed by atoms with Crippen molar-refractivity contribution >= 4 is 11.6 Å². The van der Waals surface area contributed by atoms with Gasteiger partial charge in [-0.15, -0.1) is 0 Å². The van der Waals surface area contributed by atoms with E-state index in [-0.39, 0.29) is 0 Å². The van der Waals surface area contributed by atoms with Gasteiger partial charge in [-0.2, -0.15) is 0 Å². The summed E-state index contributed by atoms with van der Waals surface area (Å²) in [6.07, 6.45) is 8.58. The molecular formula is C20H24N4O3. The van der Waals surface area contributed by atoms with Crippen molar-refractivity contribution in [3.05, 3.63) is 30.6 Å². The Kier molecular flexibility index (Phi) is 4.75. The molecule has 1 aliphatic carbocycles. The van der Waals surface area contributed by atoms with Gasteiger partial charge in [0, 0.05) is 24.0 Å². The molecule has 7 heteroatoms. The zero-order chi connectivity index (χ0) is 18.8. The second-order valence-electron chi connectivity index (χ2n) is 6.64. The summed E-state index contributed by atoms with van der Waals surface area (Å²) in [7, 11) is 4.83. The summed E-state index contributed by atoms with van der Waals surface area (Å²) in [6, 6.07) is 6.20. The Labute approximate surface area is 158 Å².